The van der Waals surface area contributed by atoms with E-state index in [0.717, 1.165) is 37.1 Å². The van der Waals surface area contributed by atoms with Crippen molar-refractivity contribution < 1.29 is 14.3 Å². The Balaban J connectivity index is 1.43. The molecule has 0 aliphatic heterocycles. The van der Waals surface area contributed by atoms with Crippen LogP contribution in [0, 0.1) is 0 Å². The Labute approximate surface area is 165 Å². The maximum Gasteiger partial charge on any atom is 0.321 e. The minimum absolute atomic E-state index is 0.103. The molecule has 0 saturated heterocycles. The second-order valence-corrected chi connectivity index (χ2v) is 8.22. The van der Waals surface area contributed by atoms with Crippen LogP contribution in [0.15, 0.2) is 28.6 Å². The Morgan fingerprint density at radius 1 is 1.30 bits per heavy atom. The molecule has 144 valence electrons. The topological polar surface area (TPSA) is 105 Å². The molecule has 3 rings (SSSR count). The van der Waals surface area contributed by atoms with Crippen molar-refractivity contribution >= 4 is 45.9 Å². The highest BCUT2D eigenvalue weighted by Crippen LogP contribution is 2.28. The number of hydrogen-bond acceptors (Lipinski definition) is 8. The normalized spacial score (nSPS) is 14.0. The quantitative estimate of drug-likeness (QED) is 0.606. The van der Waals surface area contributed by atoms with Gasteiger partial charge in [0.2, 0.25) is 11.0 Å². The number of anilines is 2. The number of hydrogen-bond donors (Lipinski definition) is 3. The van der Waals surface area contributed by atoms with E-state index in [-0.39, 0.29) is 17.7 Å². The number of carbonyl (C=O) groups is 2. The van der Waals surface area contributed by atoms with Gasteiger partial charge in [-0.25, -0.2) is 4.79 Å². The first kappa shape index (κ1) is 19.4. The number of benzene rings is 1. The van der Waals surface area contributed by atoms with E-state index in [1.54, 1.807) is 7.11 Å². The second kappa shape index (κ2) is 9.56. The zero-order chi connectivity index (χ0) is 19.1. The van der Waals surface area contributed by atoms with Gasteiger partial charge in [-0.2, -0.15) is 0 Å². The molecule has 0 atom stereocenters. The first-order valence-corrected chi connectivity index (χ1v) is 10.4. The highest BCUT2D eigenvalue weighted by Gasteiger charge is 2.18. The van der Waals surface area contributed by atoms with Gasteiger partial charge in [0.05, 0.1) is 12.9 Å². The Morgan fingerprint density at radius 2 is 2.11 bits per heavy atom. The van der Waals surface area contributed by atoms with Gasteiger partial charge < -0.3 is 15.4 Å². The summed E-state index contributed by atoms with van der Waals surface area (Å²) in [7, 11) is 1.61. The summed E-state index contributed by atoms with van der Waals surface area (Å²) >= 11 is 2.58. The number of carbonyl (C=O) groups excluding carboxylic acids is 2. The molecule has 10 heteroatoms. The molecule has 1 fully saturated rings. The molecule has 0 bridgehead atoms. The average molecular weight is 408 g/mol. The third-order valence-corrected chi connectivity index (χ3v) is 5.97. The lowest BCUT2D eigenvalue weighted by Gasteiger charge is -2.11. The maximum absolute atomic E-state index is 11.9. The molecule has 1 aliphatic carbocycles. The van der Waals surface area contributed by atoms with Gasteiger partial charge in [0.25, 0.3) is 0 Å². The van der Waals surface area contributed by atoms with Crippen LogP contribution in [0.3, 0.4) is 0 Å². The molecule has 0 unspecified atom stereocenters. The predicted molar refractivity (Wildman–Crippen MR) is 106 cm³/mol. The molecule has 27 heavy (non-hydrogen) atoms. The third kappa shape index (κ3) is 6.10. The van der Waals surface area contributed by atoms with E-state index in [4.69, 9.17) is 4.74 Å². The Bertz CT molecular complexity index is 792. The first-order chi connectivity index (χ1) is 13.1. The number of amides is 3. The maximum atomic E-state index is 11.9. The van der Waals surface area contributed by atoms with Crippen LogP contribution in [0.2, 0.25) is 0 Å². The molecule has 1 saturated carbocycles. The van der Waals surface area contributed by atoms with Crippen LogP contribution in [0.25, 0.3) is 0 Å². The predicted octanol–water partition coefficient (Wildman–Crippen LogP) is 3.15. The number of nitrogens with one attached hydrogen (secondary N) is 3. The van der Waals surface area contributed by atoms with Crippen LogP contribution < -0.4 is 20.7 Å². The molecule has 1 aromatic heterocycles. The van der Waals surface area contributed by atoms with Gasteiger partial charge in [-0.3, -0.25) is 10.1 Å². The van der Waals surface area contributed by atoms with Crippen molar-refractivity contribution in [3.8, 4) is 5.75 Å². The smallest absolute Gasteiger partial charge is 0.321 e. The average Bonchev–Trinajstić information content (AvgIpc) is 3.32. The summed E-state index contributed by atoms with van der Waals surface area (Å²) in [4.78, 5) is 23.7. The molecule has 1 aromatic carbocycles. The van der Waals surface area contributed by atoms with Crippen molar-refractivity contribution in [2.24, 2.45) is 0 Å². The number of rotatable bonds is 7. The van der Waals surface area contributed by atoms with Crippen LogP contribution in [0.4, 0.5) is 15.6 Å². The van der Waals surface area contributed by atoms with Gasteiger partial charge >= 0.3 is 6.03 Å². The van der Waals surface area contributed by atoms with E-state index in [1.165, 1.54) is 23.1 Å². The number of thioether (sulfide) groups is 1. The van der Waals surface area contributed by atoms with Gasteiger partial charge in [0.1, 0.15) is 5.75 Å². The zero-order valence-electron chi connectivity index (χ0n) is 14.9. The second-order valence-electron chi connectivity index (χ2n) is 6.02. The van der Waals surface area contributed by atoms with E-state index in [2.05, 4.69) is 26.1 Å². The summed E-state index contributed by atoms with van der Waals surface area (Å²) in [6.07, 6.45) is 4.20. The molecular weight excluding hydrogens is 386 g/mol. The fourth-order valence-corrected chi connectivity index (χ4v) is 4.30. The molecule has 0 radical (unpaired) electrons. The van der Waals surface area contributed by atoms with Gasteiger partial charge in [-0.15, -0.1) is 10.2 Å². The van der Waals surface area contributed by atoms with E-state index in [9.17, 15) is 9.59 Å². The summed E-state index contributed by atoms with van der Waals surface area (Å²) in [6.45, 7) is 0. The third-order valence-electron chi connectivity index (χ3n) is 4.00. The highest BCUT2D eigenvalue weighted by molar-refractivity contribution is 8.01. The van der Waals surface area contributed by atoms with Crippen LogP contribution >= 0.6 is 23.1 Å². The Hall–Kier alpha value is -2.33. The van der Waals surface area contributed by atoms with Gasteiger partial charge in [-0.05, 0) is 25.0 Å². The molecule has 2 aromatic rings. The fraction of sp³-hybridized carbons (Fsp3) is 0.412. The largest absolute Gasteiger partial charge is 0.497 e. The fourth-order valence-electron chi connectivity index (χ4n) is 2.72. The number of urea groups is 1. The van der Waals surface area contributed by atoms with Crippen LogP contribution in [-0.2, 0) is 4.79 Å². The van der Waals surface area contributed by atoms with E-state index >= 15 is 0 Å². The van der Waals surface area contributed by atoms with Crippen molar-refractivity contribution in [2.45, 2.75) is 36.1 Å². The summed E-state index contributed by atoms with van der Waals surface area (Å²) in [5.41, 5.74) is 0.836. The van der Waals surface area contributed by atoms with Crippen LogP contribution in [0.1, 0.15) is 25.7 Å². The van der Waals surface area contributed by atoms with Gasteiger partial charge in [-0.1, -0.05) is 42.0 Å². The van der Waals surface area contributed by atoms with E-state index < -0.39 is 6.03 Å². The lowest BCUT2D eigenvalue weighted by molar-refractivity contribution is -0.117. The highest BCUT2D eigenvalue weighted by atomic mass is 32.2. The van der Waals surface area contributed by atoms with Crippen molar-refractivity contribution in [3.63, 3.8) is 0 Å². The van der Waals surface area contributed by atoms with Crippen LogP contribution in [0.5, 0.6) is 5.75 Å². The van der Waals surface area contributed by atoms with Crippen molar-refractivity contribution in [2.75, 3.05) is 18.2 Å². The van der Waals surface area contributed by atoms with Crippen molar-refractivity contribution in [1.82, 2.24) is 20.8 Å². The van der Waals surface area contributed by atoms with Gasteiger partial charge in [0.15, 0.2) is 4.34 Å². The lowest BCUT2D eigenvalue weighted by atomic mass is 10.2. The summed E-state index contributed by atoms with van der Waals surface area (Å²) in [5.74, 6) is 0.492. The zero-order valence-corrected chi connectivity index (χ0v) is 16.5. The van der Waals surface area contributed by atoms with Crippen LogP contribution in [-0.4, -0.2) is 41.0 Å². The Kier molecular flexibility index (Phi) is 6.88. The first-order valence-electron chi connectivity index (χ1n) is 8.60. The SMILES string of the molecule is COc1cccc(Nc2nnc(SCC(=O)NC(=O)NC3CCCC3)s2)c1. The lowest BCUT2D eigenvalue weighted by Crippen LogP contribution is -2.44. The molecule has 3 amide bonds. The molecule has 0 spiro atoms. The van der Waals surface area contributed by atoms with Gasteiger partial charge in [0, 0.05) is 17.8 Å². The molecule has 1 heterocycles. The van der Waals surface area contributed by atoms with Crippen molar-refractivity contribution in [3.05, 3.63) is 24.3 Å². The number of methoxy groups -OCH3 is 1. The molecule has 8 nitrogen and oxygen atoms in total. The van der Waals surface area contributed by atoms with Crippen molar-refractivity contribution in [1.29, 1.82) is 0 Å². The summed E-state index contributed by atoms with van der Waals surface area (Å²) < 4.78 is 5.83. The summed E-state index contributed by atoms with van der Waals surface area (Å²) in [5, 5.41) is 17.0. The minimum atomic E-state index is -0.426. The molecule has 1 aliphatic rings. The molecule has 3 N–H and O–H groups in total. The monoisotopic (exact) mass is 407 g/mol. The number of imide groups is 1. The minimum Gasteiger partial charge on any atom is -0.497 e. The summed E-state index contributed by atoms with van der Waals surface area (Å²) in [6, 6.07) is 7.23. The van der Waals surface area contributed by atoms with E-state index in [1.807, 2.05) is 24.3 Å². The standard InChI is InChI=1S/C17H21N5O3S2/c1-25-13-8-4-7-12(9-13)19-16-21-22-17(27-16)26-10-14(23)20-15(24)18-11-5-2-3-6-11/h4,7-9,11H,2-3,5-6,10H2,1H3,(H,19,21)(H2,18,20,23,24). The van der Waals surface area contributed by atoms with E-state index in [0.29, 0.717) is 9.47 Å². The number of aromatic nitrogens is 2. The molecular formula is C17H21N5O3S2. The number of ether oxygens (including phenoxy) is 1. The number of nitrogens with zero attached hydrogens (tertiary/aromatic N) is 2. The Morgan fingerprint density at radius 3 is 2.89 bits per heavy atom.